The van der Waals surface area contributed by atoms with Crippen molar-refractivity contribution in [3.8, 4) is 11.4 Å². The smallest absolute Gasteiger partial charge is 0.416 e. The van der Waals surface area contributed by atoms with E-state index in [1.165, 1.54) is 18.5 Å². The molecule has 1 unspecified atom stereocenters. The lowest BCUT2D eigenvalue weighted by Crippen LogP contribution is -2.35. The number of hydrogen-bond donors (Lipinski definition) is 0. The molecule has 4 rings (SSSR count). The summed E-state index contributed by atoms with van der Waals surface area (Å²) in [4.78, 5) is 32.5. The van der Waals surface area contributed by atoms with E-state index < -0.39 is 46.6 Å². The molecule has 1 heterocycles. The third kappa shape index (κ3) is 5.51. The molecule has 6 nitrogen and oxygen atoms in total. The first kappa shape index (κ1) is 28.7. The number of alkyl halides is 6. The number of halogens is 6. The lowest BCUT2D eigenvalue weighted by Gasteiger charge is -2.28. The first-order valence-corrected chi connectivity index (χ1v) is 12.0. The molecule has 0 aliphatic rings. The van der Waals surface area contributed by atoms with E-state index in [0.717, 1.165) is 4.90 Å². The molecule has 12 heteroatoms. The van der Waals surface area contributed by atoms with Gasteiger partial charge in [0, 0.05) is 12.6 Å². The van der Waals surface area contributed by atoms with Crippen LogP contribution >= 0.6 is 0 Å². The Kier molecular flexibility index (Phi) is 7.64. The summed E-state index contributed by atoms with van der Waals surface area (Å²) in [5.41, 5.74) is -3.96. The third-order valence-electron chi connectivity index (χ3n) is 6.32. The van der Waals surface area contributed by atoms with Gasteiger partial charge in [0.25, 0.3) is 11.5 Å². The van der Waals surface area contributed by atoms with E-state index in [0.29, 0.717) is 29.1 Å². The predicted molar refractivity (Wildman–Crippen MR) is 135 cm³/mol. The monoisotopic (exact) mass is 563 g/mol. The number of carbonyl (C=O) groups excluding carboxylic acids is 1. The molecule has 0 saturated heterocycles. The molecule has 0 fully saturated rings. The molecule has 210 valence electrons. The zero-order valence-corrected chi connectivity index (χ0v) is 21.5. The van der Waals surface area contributed by atoms with E-state index in [-0.39, 0.29) is 23.9 Å². The maximum atomic E-state index is 13.7. The van der Waals surface area contributed by atoms with Crippen molar-refractivity contribution in [1.29, 1.82) is 0 Å². The summed E-state index contributed by atoms with van der Waals surface area (Å²) < 4.78 is 87.3. The molecule has 0 bridgehead atoms. The van der Waals surface area contributed by atoms with Gasteiger partial charge in [0.05, 0.1) is 40.4 Å². The van der Waals surface area contributed by atoms with Crippen molar-refractivity contribution in [1.82, 2.24) is 14.5 Å². The van der Waals surface area contributed by atoms with Crippen molar-refractivity contribution >= 4 is 16.8 Å². The molecule has 0 aliphatic carbocycles. The molecule has 4 aromatic rings. The first-order chi connectivity index (χ1) is 18.7. The number of fused-ring (bicyclic) bond motifs is 1. The summed E-state index contributed by atoms with van der Waals surface area (Å²) in [6.07, 6.45) is -10.2. The Bertz CT molecular complexity index is 1600. The number of aromatic nitrogens is 2. The Morgan fingerprint density at radius 3 is 2.12 bits per heavy atom. The number of carbonyl (C=O) groups is 1. The van der Waals surface area contributed by atoms with Crippen molar-refractivity contribution in [3.05, 3.63) is 99.6 Å². The normalized spacial score (nSPS) is 12.8. The van der Waals surface area contributed by atoms with Crippen LogP contribution in [0.15, 0.2) is 71.5 Å². The van der Waals surface area contributed by atoms with Crippen molar-refractivity contribution in [2.24, 2.45) is 0 Å². The van der Waals surface area contributed by atoms with Gasteiger partial charge in [-0.05, 0) is 56.3 Å². The maximum Gasteiger partial charge on any atom is 0.416 e. The van der Waals surface area contributed by atoms with Crippen LogP contribution in [0.5, 0.6) is 5.75 Å². The fraction of sp³-hybridized carbons (Fsp3) is 0.250. The number of ether oxygens (including phenoxy) is 1. The summed E-state index contributed by atoms with van der Waals surface area (Å²) in [6.45, 7) is 3.48. The number of nitrogens with zero attached hydrogens (tertiary/aromatic N) is 3. The Hall–Kier alpha value is -4.35. The molecule has 0 aliphatic heterocycles. The second kappa shape index (κ2) is 10.7. The minimum Gasteiger partial charge on any atom is -0.492 e. The fourth-order valence-corrected chi connectivity index (χ4v) is 4.21. The lowest BCUT2D eigenvalue weighted by molar-refractivity contribution is -0.143. The zero-order valence-electron chi connectivity index (χ0n) is 21.5. The minimum atomic E-state index is -5.12. The topological polar surface area (TPSA) is 64.4 Å². The van der Waals surface area contributed by atoms with Gasteiger partial charge in [-0.25, -0.2) is 4.98 Å². The van der Waals surface area contributed by atoms with Gasteiger partial charge in [0.15, 0.2) is 0 Å². The largest absolute Gasteiger partial charge is 0.492 e. The molecule has 3 aromatic carbocycles. The highest BCUT2D eigenvalue weighted by atomic mass is 19.4. The highest BCUT2D eigenvalue weighted by Gasteiger charge is 2.38. The van der Waals surface area contributed by atoms with Crippen LogP contribution in [0.2, 0.25) is 0 Å². The highest BCUT2D eigenvalue weighted by Crippen LogP contribution is 2.37. The van der Waals surface area contributed by atoms with E-state index in [2.05, 4.69) is 4.98 Å². The van der Waals surface area contributed by atoms with Gasteiger partial charge in [-0.15, -0.1) is 0 Å². The Morgan fingerprint density at radius 2 is 1.52 bits per heavy atom. The summed E-state index contributed by atoms with van der Waals surface area (Å²) >= 11 is 0. The molecule has 0 spiro atoms. The van der Waals surface area contributed by atoms with Gasteiger partial charge in [-0.2, -0.15) is 26.3 Å². The second-order valence-electron chi connectivity index (χ2n) is 8.92. The SMILES string of the molecule is CCOc1ccccc1-n1c(C(C)N(C)C(=O)c2cc(C(F)(F)F)cc(C(F)(F)F)c2)nc2ccccc2c1=O. The van der Waals surface area contributed by atoms with E-state index in [1.54, 1.807) is 55.5 Å². The van der Waals surface area contributed by atoms with Crippen molar-refractivity contribution < 1.29 is 35.9 Å². The molecule has 1 aromatic heterocycles. The zero-order chi connectivity index (χ0) is 29.4. The van der Waals surface area contributed by atoms with Gasteiger partial charge >= 0.3 is 12.4 Å². The maximum absolute atomic E-state index is 13.7. The van der Waals surface area contributed by atoms with Crippen molar-refractivity contribution in [2.75, 3.05) is 13.7 Å². The van der Waals surface area contributed by atoms with Gasteiger partial charge < -0.3 is 9.64 Å². The van der Waals surface area contributed by atoms with Crippen LogP contribution in [0.25, 0.3) is 16.6 Å². The van der Waals surface area contributed by atoms with Crippen LogP contribution < -0.4 is 10.3 Å². The summed E-state index contributed by atoms with van der Waals surface area (Å²) in [7, 11) is 1.21. The lowest BCUT2D eigenvalue weighted by atomic mass is 10.0. The average Bonchev–Trinajstić information content (AvgIpc) is 2.91. The van der Waals surface area contributed by atoms with Gasteiger partial charge in [-0.1, -0.05) is 24.3 Å². The summed E-state index contributed by atoms with van der Waals surface area (Å²) in [5.74, 6) is -0.773. The fourth-order valence-electron chi connectivity index (χ4n) is 4.21. The molecule has 1 atom stereocenters. The van der Waals surface area contributed by atoms with Crippen LogP contribution in [0.4, 0.5) is 26.3 Å². The molecule has 0 saturated carbocycles. The quantitative estimate of drug-likeness (QED) is 0.246. The number of benzene rings is 3. The molecule has 1 amide bonds. The summed E-state index contributed by atoms with van der Waals surface area (Å²) in [6, 6.07) is 12.6. The highest BCUT2D eigenvalue weighted by molar-refractivity contribution is 5.95. The van der Waals surface area contributed by atoms with Crippen LogP contribution in [0.3, 0.4) is 0 Å². The predicted octanol–water partition coefficient (Wildman–Crippen LogP) is 6.66. The molecular weight excluding hydrogens is 540 g/mol. The van der Waals surface area contributed by atoms with E-state index in [4.69, 9.17) is 4.74 Å². The minimum absolute atomic E-state index is 0.0229. The van der Waals surface area contributed by atoms with Crippen LogP contribution in [0.1, 0.15) is 47.2 Å². The first-order valence-electron chi connectivity index (χ1n) is 12.0. The Labute approximate surface area is 224 Å². The van der Waals surface area contributed by atoms with Crippen LogP contribution in [0, 0.1) is 0 Å². The number of hydrogen-bond acceptors (Lipinski definition) is 4. The van der Waals surface area contributed by atoms with E-state index >= 15 is 0 Å². The van der Waals surface area contributed by atoms with Gasteiger partial charge in [0.2, 0.25) is 0 Å². The molecule has 0 N–H and O–H groups in total. The molecular formula is C28H23F6N3O3. The third-order valence-corrected chi connectivity index (χ3v) is 6.32. The van der Waals surface area contributed by atoms with Crippen LogP contribution in [-0.2, 0) is 12.4 Å². The van der Waals surface area contributed by atoms with E-state index in [9.17, 15) is 35.9 Å². The van der Waals surface area contributed by atoms with Crippen molar-refractivity contribution in [2.45, 2.75) is 32.2 Å². The molecule has 0 radical (unpaired) electrons. The number of para-hydroxylation sites is 3. The Balaban J connectivity index is 1.89. The van der Waals surface area contributed by atoms with Gasteiger partial charge in [0.1, 0.15) is 11.6 Å². The summed E-state index contributed by atoms with van der Waals surface area (Å²) in [5, 5.41) is 0.256. The van der Waals surface area contributed by atoms with Crippen molar-refractivity contribution in [3.63, 3.8) is 0 Å². The average molecular weight is 563 g/mol. The Morgan fingerprint density at radius 1 is 0.950 bits per heavy atom. The molecule has 40 heavy (non-hydrogen) atoms. The van der Waals surface area contributed by atoms with Gasteiger partial charge in [-0.3, -0.25) is 14.2 Å². The number of amides is 1. The van der Waals surface area contributed by atoms with Crippen LogP contribution in [-0.4, -0.2) is 34.0 Å². The van der Waals surface area contributed by atoms with E-state index in [1.807, 2.05) is 0 Å². The number of rotatable bonds is 6. The second-order valence-corrected chi connectivity index (χ2v) is 8.92. The standard InChI is InChI=1S/C28H23F6N3O3/c1-4-40-23-12-8-7-11-22(23)37-24(35-21-10-6-5-9-20(21)26(37)39)16(2)36(3)25(38)17-13-18(27(29,30)31)15-19(14-17)28(32,33)34/h5-16H,4H2,1-3H3.